The molecule has 1 aliphatic rings. The molecule has 2 heterocycles. The zero-order chi connectivity index (χ0) is 17.1. The highest BCUT2D eigenvalue weighted by molar-refractivity contribution is 5.89. The number of anilines is 1. The van der Waals surface area contributed by atoms with Gasteiger partial charge in [-0.1, -0.05) is 12.1 Å². The van der Waals surface area contributed by atoms with Gasteiger partial charge >= 0.3 is 5.97 Å². The van der Waals surface area contributed by atoms with E-state index in [0.717, 1.165) is 44.1 Å². The monoisotopic (exact) mass is 328 g/mol. The van der Waals surface area contributed by atoms with E-state index in [2.05, 4.69) is 26.9 Å². The number of esters is 1. The van der Waals surface area contributed by atoms with Gasteiger partial charge in [0.15, 0.2) is 0 Å². The number of benzene rings is 1. The Balaban J connectivity index is 1.57. The molecular weight excluding hydrogens is 304 g/mol. The molecule has 6 heteroatoms. The van der Waals surface area contributed by atoms with Crippen molar-refractivity contribution < 1.29 is 9.53 Å². The average Bonchev–Trinajstić information content (AvgIpc) is 2.94. The Labute approximate surface area is 142 Å². The number of hydrogen-bond acceptors (Lipinski definition) is 5. The van der Waals surface area contributed by atoms with Crippen molar-refractivity contribution in [3.63, 3.8) is 0 Å². The third kappa shape index (κ3) is 3.43. The van der Waals surface area contributed by atoms with Gasteiger partial charge in [-0.05, 0) is 31.5 Å². The highest BCUT2D eigenvalue weighted by Gasteiger charge is 2.21. The van der Waals surface area contributed by atoms with Crippen LogP contribution in [-0.4, -0.2) is 54.4 Å². The fraction of sp³-hybridized carbons (Fsp3) is 0.444. The van der Waals surface area contributed by atoms with Crippen LogP contribution in [0.3, 0.4) is 0 Å². The molecule has 1 N–H and O–H groups in total. The van der Waals surface area contributed by atoms with E-state index in [9.17, 15) is 4.79 Å². The summed E-state index contributed by atoms with van der Waals surface area (Å²) >= 11 is 0. The summed E-state index contributed by atoms with van der Waals surface area (Å²) in [5.41, 5.74) is 5.26. The molecule has 1 aliphatic heterocycles. The molecule has 0 spiro atoms. The third-order valence-electron chi connectivity index (χ3n) is 4.56. The first-order chi connectivity index (χ1) is 11.6. The number of aryl methyl sites for hydroxylation is 2. The van der Waals surface area contributed by atoms with Gasteiger partial charge in [-0.2, -0.15) is 5.10 Å². The van der Waals surface area contributed by atoms with Gasteiger partial charge in [-0.25, -0.2) is 4.79 Å². The number of H-pyrrole nitrogens is 1. The van der Waals surface area contributed by atoms with Gasteiger partial charge < -0.3 is 9.64 Å². The maximum Gasteiger partial charge on any atom is 0.337 e. The Morgan fingerprint density at radius 1 is 1.17 bits per heavy atom. The van der Waals surface area contributed by atoms with Gasteiger partial charge in [0.1, 0.15) is 0 Å². The fourth-order valence-electron chi connectivity index (χ4n) is 3.26. The first kappa shape index (κ1) is 16.5. The zero-order valence-corrected chi connectivity index (χ0v) is 14.5. The molecule has 0 unspecified atom stereocenters. The van der Waals surface area contributed by atoms with E-state index in [0.29, 0.717) is 5.56 Å². The molecule has 1 aromatic carbocycles. The molecule has 0 bridgehead atoms. The molecule has 0 amide bonds. The summed E-state index contributed by atoms with van der Waals surface area (Å²) in [5, 5.41) is 7.35. The number of nitrogens with one attached hydrogen (secondary N) is 1. The number of aromatic nitrogens is 2. The summed E-state index contributed by atoms with van der Waals surface area (Å²) in [6.07, 6.45) is 0. The van der Waals surface area contributed by atoms with E-state index in [1.54, 1.807) is 0 Å². The van der Waals surface area contributed by atoms with Gasteiger partial charge in [0.2, 0.25) is 0 Å². The van der Waals surface area contributed by atoms with Crippen LogP contribution in [0.15, 0.2) is 24.3 Å². The Morgan fingerprint density at radius 2 is 1.83 bits per heavy atom. The van der Waals surface area contributed by atoms with Crippen molar-refractivity contribution in [1.82, 2.24) is 15.1 Å². The lowest BCUT2D eigenvalue weighted by molar-refractivity contribution is 0.0600. The maximum absolute atomic E-state index is 11.5. The topological polar surface area (TPSA) is 61.5 Å². The zero-order valence-electron chi connectivity index (χ0n) is 14.5. The molecule has 0 radical (unpaired) electrons. The molecule has 1 fully saturated rings. The predicted octanol–water partition coefficient (Wildman–Crippen LogP) is 2.14. The molecule has 0 atom stereocenters. The smallest absolute Gasteiger partial charge is 0.337 e. The fourth-order valence-corrected chi connectivity index (χ4v) is 3.26. The lowest BCUT2D eigenvalue weighted by Gasteiger charge is -2.36. The summed E-state index contributed by atoms with van der Waals surface area (Å²) in [6.45, 7) is 9.06. The Kier molecular flexibility index (Phi) is 4.85. The van der Waals surface area contributed by atoms with Crippen molar-refractivity contribution in [3.8, 4) is 0 Å². The number of nitrogens with zero attached hydrogens (tertiary/aromatic N) is 3. The van der Waals surface area contributed by atoms with E-state index in [1.807, 2.05) is 31.2 Å². The number of aromatic amines is 1. The van der Waals surface area contributed by atoms with Gasteiger partial charge in [0, 0.05) is 32.7 Å². The maximum atomic E-state index is 11.5. The third-order valence-corrected chi connectivity index (χ3v) is 4.56. The molecule has 0 aliphatic carbocycles. The van der Waals surface area contributed by atoms with Crippen molar-refractivity contribution in [2.24, 2.45) is 0 Å². The van der Waals surface area contributed by atoms with Gasteiger partial charge in [0.05, 0.1) is 29.7 Å². The lowest BCUT2D eigenvalue weighted by atomic mass is 10.1. The van der Waals surface area contributed by atoms with Crippen LogP contribution in [0.5, 0.6) is 0 Å². The first-order valence-corrected chi connectivity index (χ1v) is 8.24. The quantitative estimate of drug-likeness (QED) is 0.871. The van der Waals surface area contributed by atoms with Crippen LogP contribution in [0.1, 0.15) is 27.3 Å². The standard InChI is InChI=1S/C18H24N4O2/c1-13-17(14(2)20-19-13)22-10-8-21(9-11-22)12-15-4-6-16(7-5-15)18(23)24-3/h4-7H,8-12H2,1-3H3,(H,19,20). The molecule has 2 aromatic rings. The van der Waals surface area contributed by atoms with Crippen molar-refractivity contribution >= 4 is 11.7 Å². The SMILES string of the molecule is COC(=O)c1ccc(CN2CCN(c3c(C)n[nH]c3C)CC2)cc1. The average molecular weight is 328 g/mol. The number of methoxy groups -OCH3 is 1. The van der Waals surface area contributed by atoms with Crippen LogP contribution in [0.4, 0.5) is 5.69 Å². The van der Waals surface area contributed by atoms with Crippen molar-refractivity contribution in [1.29, 1.82) is 0 Å². The van der Waals surface area contributed by atoms with Gasteiger partial charge in [-0.15, -0.1) is 0 Å². The molecule has 1 saturated heterocycles. The number of ether oxygens (including phenoxy) is 1. The van der Waals surface area contributed by atoms with E-state index in [4.69, 9.17) is 4.74 Å². The summed E-state index contributed by atoms with van der Waals surface area (Å²) in [6, 6.07) is 7.66. The number of carbonyl (C=O) groups is 1. The van der Waals surface area contributed by atoms with Crippen LogP contribution in [-0.2, 0) is 11.3 Å². The van der Waals surface area contributed by atoms with E-state index in [1.165, 1.54) is 18.4 Å². The van der Waals surface area contributed by atoms with Gasteiger partial charge in [0.25, 0.3) is 0 Å². The Morgan fingerprint density at radius 3 is 2.38 bits per heavy atom. The summed E-state index contributed by atoms with van der Waals surface area (Å²) < 4.78 is 4.73. The minimum absolute atomic E-state index is 0.291. The Hall–Kier alpha value is -2.34. The summed E-state index contributed by atoms with van der Waals surface area (Å²) in [5.74, 6) is -0.291. The largest absolute Gasteiger partial charge is 0.465 e. The number of hydrogen-bond donors (Lipinski definition) is 1. The summed E-state index contributed by atoms with van der Waals surface area (Å²) in [7, 11) is 1.40. The van der Waals surface area contributed by atoms with Crippen LogP contribution < -0.4 is 4.90 Å². The Bertz CT molecular complexity index is 681. The number of rotatable bonds is 4. The second kappa shape index (κ2) is 7.05. The van der Waals surface area contributed by atoms with Crippen LogP contribution in [0.2, 0.25) is 0 Å². The van der Waals surface area contributed by atoms with Gasteiger partial charge in [-0.3, -0.25) is 10.00 Å². The van der Waals surface area contributed by atoms with Crippen LogP contribution >= 0.6 is 0 Å². The summed E-state index contributed by atoms with van der Waals surface area (Å²) in [4.78, 5) is 16.3. The van der Waals surface area contributed by atoms with Crippen LogP contribution in [0, 0.1) is 13.8 Å². The molecule has 24 heavy (non-hydrogen) atoms. The molecular formula is C18H24N4O2. The minimum atomic E-state index is -0.291. The first-order valence-electron chi connectivity index (χ1n) is 8.24. The molecule has 128 valence electrons. The number of carbonyl (C=O) groups excluding carboxylic acids is 1. The van der Waals surface area contributed by atoms with E-state index in [-0.39, 0.29) is 5.97 Å². The van der Waals surface area contributed by atoms with Crippen LogP contribution in [0.25, 0.3) is 0 Å². The van der Waals surface area contributed by atoms with Crippen molar-refractivity contribution in [3.05, 3.63) is 46.8 Å². The molecule has 3 rings (SSSR count). The van der Waals surface area contributed by atoms with Crippen molar-refractivity contribution in [2.75, 3.05) is 38.2 Å². The minimum Gasteiger partial charge on any atom is -0.465 e. The predicted molar refractivity (Wildman–Crippen MR) is 93.3 cm³/mol. The molecule has 6 nitrogen and oxygen atoms in total. The lowest BCUT2D eigenvalue weighted by Crippen LogP contribution is -2.46. The highest BCUT2D eigenvalue weighted by atomic mass is 16.5. The highest BCUT2D eigenvalue weighted by Crippen LogP contribution is 2.23. The van der Waals surface area contributed by atoms with E-state index >= 15 is 0 Å². The molecule has 1 aromatic heterocycles. The normalized spacial score (nSPS) is 15.5. The van der Waals surface area contributed by atoms with E-state index < -0.39 is 0 Å². The van der Waals surface area contributed by atoms with Crippen molar-refractivity contribution in [2.45, 2.75) is 20.4 Å². The second-order valence-corrected chi connectivity index (χ2v) is 6.23. The molecule has 0 saturated carbocycles. The number of piperazine rings is 1. The second-order valence-electron chi connectivity index (χ2n) is 6.23.